The summed E-state index contributed by atoms with van der Waals surface area (Å²) in [6.07, 6.45) is 3.69. The summed E-state index contributed by atoms with van der Waals surface area (Å²) in [4.78, 5) is 14.7. The SMILES string of the molecule is c1cncc(-c2ccc(-c3cc(-c4ccc(-c5cccc6ccccc56)cc4)nc(-c4ccc(-c5ccc6ccc7cccc8ccc5c6c78)cc4)n3)cc2)c1. The van der Waals surface area contributed by atoms with Crippen LogP contribution < -0.4 is 0 Å². The number of hydrogen-bond acceptors (Lipinski definition) is 3. The number of aromatic nitrogens is 3. The maximum atomic E-state index is 5.21. The molecule has 11 aromatic rings. The van der Waals surface area contributed by atoms with Crippen LogP contribution in [-0.2, 0) is 0 Å². The zero-order valence-electron chi connectivity index (χ0n) is 30.4. The van der Waals surface area contributed by atoms with Crippen molar-refractivity contribution in [1.82, 2.24) is 15.0 Å². The molecule has 0 saturated carbocycles. The molecule has 0 amide bonds. The summed E-state index contributed by atoms with van der Waals surface area (Å²) in [5.74, 6) is 0.689. The van der Waals surface area contributed by atoms with Gasteiger partial charge in [0, 0.05) is 29.1 Å². The molecule has 0 saturated heterocycles. The predicted octanol–water partition coefficient (Wildman–Crippen LogP) is 13.9. The van der Waals surface area contributed by atoms with Crippen molar-refractivity contribution < 1.29 is 0 Å². The first-order chi connectivity index (χ1) is 27.7. The first-order valence-corrected chi connectivity index (χ1v) is 19.0. The standard InChI is InChI=1S/C53H33N3/c1-2-11-45-35(6-1)7-4-12-46(45)36-15-21-39(22-16-36)50-32-49(38-19-13-34(14-20-38)44-10-5-31-54-33-44)55-53(56-50)43-25-17-37(18-26-43)47-29-27-42-24-23-40-8-3-9-41-28-30-48(47)52(42)51(40)41/h1-33H. The highest BCUT2D eigenvalue weighted by atomic mass is 14.9. The van der Waals surface area contributed by atoms with Gasteiger partial charge < -0.3 is 0 Å². The molecule has 0 bridgehead atoms. The fourth-order valence-electron chi connectivity index (χ4n) is 8.32. The lowest BCUT2D eigenvalue weighted by Crippen LogP contribution is -1.96. The zero-order chi connectivity index (χ0) is 37.0. The molecule has 0 aliphatic heterocycles. The van der Waals surface area contributed by atoms with E-state index >= 15 is 0 Å². The van der Waals surface area contributed by atoms with Gasteiger partial charge in [0.15, 0.2) is 5.82 Å². The number of nitrogens with zero attached hydrogens (tertiary/aromatic N) is 3. The first kappa shape index (κ1) is 32.0. The molecule has 0 N–H and O–H groups in total. The molecule has 9 aromatic carbocycles. The third-order valence-electron chi connectivity index (χ3n) is 11.2. The second-order valence-corrected chi connectivity index (χ2v) is 14.4. The van der Waals surface area contributed by atoms with Crippen molar-refractivity contribution in [3.63, 3.8) is 0 Å². The molecule has 0 aliphatic rings. The average Bonchev–Trinajstić information content (AvgIpc) is 3.28. The summed E-state index contributed by atoms with van der Waals surface area (Å²) >= 11 is 0. The highest BCUT2D eigenvalue weighted by Gasteiger charge is 2.15. The molecule has 56 heavy (non-hydrogen) atoms. The maximum Gasteiger partial charge on any atom is 0.160 e. The van der Waals surface area contributed by atoms with Crippen LogP contribution in [0.1, 0.15) is 0 Å². The first-order valence-electron chi connectivity index (χ1n) is 19.0. The van der Waals surface area contributed by atoms with Gasteiger partial charge in [-0.25, -0.2) is 9.97 Å². The molecule has 3 heteroatoms. The number of hydrogen-bond donors (Lipinski definition) is 0. The maximum absolute atomic E-state index is 5.21. The Hall–Kier alpha value is -7.49. The fourth-order valence-corrected chi connectivity index (χ4v) is 8.32. The molecule has 0 fully saturated rings. The highest BCUT2D eigenvalue weighted by Crippen LogP contribution is 2.40. The van der Waals surface area contributed by atoms with Crippen LogP contribution >= 0.6 is 0 Å². The van der Waals surface area contributed by atoms with Crippen molar-refractivity contribution in [3.8, 4) is 67.3 Å². The molecule has 0 unspecified atom stereocenters. The van der Waals surface area contributed by atoms with Crippen molar-refractivity contribution >= 4 is 43.1 Å². The molecule has 0 spiro atoms. The largest absolute Gasteiger partial charge is 0.264 e. The monoisotopic (exact) mass is 711 g/mol. The van der Waals surface area contributed by atoms with E-state index in [2.05, 4.69) is 187 Å². The Bertz CT molecular complexity index is 3180. The van der Waals surface area contributed by atoms with Crippen LogP contribution in [0.4, 0.5) is 0 Å². The minimum atomic E-state index is 0.689. The third kappa shape index (κ3) is 5.49. The van der Waals surface area contributed by atoms with Gasteiger partial charge in [0.1, 0.15) is 0 Å². The molecule has 0 radical (unpaired) electrons. The van der Waals surface area contributed by atoms with Gasteiger partial charge in [-0.2, -0.15) is 0 Å². The molecule has 260 valence electrons. The van der Waals surface area contributed by atoms with E-state index < -0.39 is 0 Å². The van der Waals surface area contributed by atoms with E-state index in [-0.39, 0.29) is 0 Å². The highest BCUT2D eigenvalue weighted by molar-refractivity contribution is 6.25. The van der Waals surface area contributed by atoms with Crippen LogP contribution in [0.3, 0.4) is 0 Å². The molecule has 2 aromatic heterocycles. The van der Waals surface area contributed by atoms with Crippen LogP contribution in [0, 0.1) is 0 Å². The minimum absolute atomic E-state index is 0.689. The summed E-state index contributed by atoms with van der Waals surface area (Å²) in [6.45, 7) is 0. The lowest BCUT2D eigenvalue weighted by Gasteiger charge is -2.14. The number of fused-ring (bicyclic) bond motifs is 1. The van der Waals surface area contributed by atoms with Gasteiger partial charge in [0.2, 0.25) is 0 Å². The van der Waals surface area contributed by atoms with Gasteiger partial charge in [-0.3, -0.25) is 4.98 Å². The number of benzene rings is 9. The van der Waals surface area contributed by atoms with Crippen molar-refractivity contribution in [2.45, 2.75) is 0 Å². The topological polar surface area (TPSA) is 38.7 Å². The third-order valence-corrected chi connectivity index (χ3v) is 11.2. The number of pyridine rings is 1. The van der Waals surface area contributed by atoms with Crippen LogP contribution in [0.2, 0.25) is 0 Å². The van der Waals surface area contributed by atoms with Crippen LogP contribution in [-0.4, -0.2) is 15.0 Å². The Labute approximate surface area is 324 Å². The van der Waals surface area contributed by atoms with Crippen molar-refractivity contribution in [1.29, 1.82) is 0 Å². The molecular formula is C53H33N3. The average molecular weight is 712 g/mol. The Balaban J connectivity index is 1.000. The summed E-state index contributed by atoms with van der Waals surface area (Å²) < 4.78 is 0. The smallest absolute Gasteiger partial charge is 0.160 e. The van der Waals surface area contributed by atoms with E-state index in [0.29, 0.717) is 5.82 Å². The van der Waals surface area contributed by atoms with Crippen LogP contribution in [0.25, 0.3) is 110 Å². The summed E-state index contributed by atoms with van der Waals surface area (Å²) in [6, 6.07) is 67.3. The van der Waals surface area contributed by atoms with E-state index in [9.17, 15) is 0 Å². The van der Waals surface area contributed by atoms with E-state index in [4.69, 9.17) is 9.97 Å². The van der Waals surface area contributed by atoms with Gasteiger partial charge in [-0.15, -0.1) is 0 Å². The predicted molar refractivity (Wildman–Crippen MR) is 234 cm³/mol. The molecule has 11 rings (SSSR count). The second kappa shape index (κ2) is 13.1. The lowest BCUT2D eigenvalue weighted by molar-refractivity contribution is 1.18. The normalized spacial score (nSPS) is 11.6. The Morgan fingerprint density at radius 3 is 1.54 bits per heavy atom. The van der Waals surface area contributed by atoms with Crippen molar-refractivity contribution in [2.75, 3.05) is 0 Å². The summed E-state index contributed by atoms with van der Waals surface area (Å²) in [7, 11) is 0. The van der Waals surface area contributed by atoms with Gasteiger partial charge in [0.05, 0.1) is 11.4 Å². The molecule has 2 heterocycles. The summed E-state index contributed by atoms with van der Waals surface area (Å²) in [5, 5.41) is 10.2. The Morgan fingerprint density at radius 2 is 0.839 bits per heavy atom. The molecule has 0 atom stereocenters. The molecular weight excluding hydrogens is 679 g/mol. The zero-order valence-corrected chi connectivity index (χ0v) is 30.4. The summed E-state index contributed by atoms with van der Waals surface area (Å²) in [5.41, 5.74) is 11.8. The second-order valence-electron chi connectivity index (χ2n) is 14.4. The Morgan fingerprint density at radius 1 is 0.304 bits per heavy atom. The Kier molecular flexibility index (Phi) is 7.49. The fraction of sp³-hybridized carbons (Fsp3) is 0. The van der Waals surface area contributed by atoms with E-state index in [1.165, 1.54) is 59.8 Å². The number of rotatable bonds is 6. The van der Waals surface area contributed by atoms with Crippen LogP contribution in [0.15, 0.2) is 200 Å². The van der Waals surface area contributed by atoms with E-state index in [1.807, 2.05) is 12.3 Å². The van der Waals surface area contributed by atoms with Gasteiger partial charge >= 0.3 is 0 Å². The minimum Gasteiger partial charge on any atom is -0.264 e. The molecule has 0 aliphatic carbocycles. The van der Waals surface area contributed by atoms with Crippen LogP contribution in [0.5, 0.6) is 0 Å². The van der Waals surface area contributed by atoms with E-state index in [0.717, 1.165) is 44.8 Å². The quantitative estimate of drug-likeness (QED) is 0.161. The van der Waals surface area contributed by atoms with Gasteiger partial charge in [-0.1, -0.05) is 176 Å². The molecule has 3 nitrogen and oxygen atoms in total. The van der Waals surface area contributed by atoms with Crippen molar-refractivity contribution in [3.05, 3.63) is 200 Å². The van der Waals surface area contributed by atoms with Crippen molar-refractivity contribution in [2.24, 2.45) is 0 Å². The van der Waals surface area contributed by atoms with Gasteiger partial charge in [-0.05, 0) is 88.6 Å². The lowest BCUT2D eigenvalue weighted by atomic mass is 9.90. The van der Waals surface area contributed by atoms with E-state index in [1.54, 1.807) is 6.20 Å². The van der Waals surface area contributed by atoms with Gasteiger partial charge in [0.25, 0.3) is 0 Å².